The van der Waals surface area contributed by atoms with E-state index in [1.807, 2.05) is 0 Å². The van der Waals surface area contributed by atoms with Crippen molar-refractivity contribution in [1.29, 1.82) is 0 Å². The Morgan fingerprint density at radius 3 is 2.74 bits per heavy atom. The van der Waals surface area contributed by atoms with E-state index in [4.69, 9.17) is 0 Å². The van der Waals surface area contributed by atoms with Crippen LogP contribution in [0.1, 0.15) is 51.9 Å². The van der Waals surface area contributed by atoms with Gasteiger partial charge in [-0.3, -0.25) is 0 Å². The largest absolute Gasteiger partial charge is 0.198 e. The van der Waals surface area contributed by atoms with Gasteiger partial charge in [0.15, 0.2) is 0 Å². The summed E-state index contributed by atoms with van der Waals surface area (Å²) in [6.45, 7) is 2.44. The predicted molar refractivity (Wildman–Crippen MR) is 92.6 cm³/mol. The molecule has 3 heteroatoms. The van der Waals surface area contributed by atoms with Crippen molar-refractivity contribution in [2.45, 2.75) is 51.9 Å². The molecule has 2 saturated carbocycles. The molecule has 5 rings (SSSR count). The smallest absolute Gasteiger partial charge is 0.0690 e. The first kappa shape index (κ1) is 14.9. The van der Waals surface area contributed by atoms with Gasteiger partial charge < -0.3 is 0 Å². The minimum Gasteiger partial charge on any atom is -0.198 e. The Morgan fingerprint density at radius 1 is 1.13 bits per heavy atom. The van der Waals surface area contributed by atoms with Crippen molar-refractivity contribution in [3.05, 3.63) is 47.8 Å². The molecule has 0 spiro atoms. The molecule has 23 heavy (non-hydrogen) atoms. The van der Waals surface area contributed by atoms with E-state index in [2.05, 4.69) is 46.6 Å². The standard InChI is InChI=1S/C18H24.C2H3N3/c1-18-11-4-7-17(18)16-9-8-13-5-2-3-6-14(13)15(16)10-12-18;1-2-4-5-3-1/h4,7,9,11,13-15H,2-3,5-6,8,10,12H2,1H3;1-2H,(H,3,4,5)/t13?,14-,15+,18-;/m0./s1. The molecule has 4 aliphatic rings. The first-order valence-corrected chi connectivity index (χ1v) is 9.18. The zero-order valence-corrected chi connectivity index (χ0v) is 14.0. The average Bonchev–Trinajstić information content (AvgIpc) is 3.26. The maximum Gasteiger partial charge on any atom is 0.0690 e. The van der Waals surface area contributed by atoms with Crippen LogP contribution in [0.4, 0.5) is 0 Å². The number of hydrogen-bond acceptors (Lipinski definition) is 2. The van der Waals surface area contributed by atoms with E-state index in [1.54, 1.807) is 23.5 Å². The third-order valence-electron chi connectivity index (χ3n) is 6.48. The van der Waals surface area contributed by atoms with Gasteiger partial charge in [-0.1, -0.05) is 44.1 Å². The zero-order valence-electron chi connectivity index (χ0n) is 14.0. The molecule has 0 bridgehead atoms. The zero-order chi connectivity index (χ0) is 15.7. The number of rotatable bonds is 0. The molecule has 0 radical (unpaired) electrons. The number of allylic oxidation sites excluding steroid dienone is 6. The number of H-pyrrole nitrogens is 1. The maximum atomic E-state index is 3.49. The molecular weight excluding hydrogens is 282 g/mol. The molecular formula is C20H27N3. The summed E-state index contributed by atoms with van der Waals surface area (Å²) in [4.78, 5) is 0. The lowest BCUT2D eigenvalue weighted by atomic mass is 9.57. The van der Waals surface area contributed by atoms with Crippen LogP contribution in [-0.2, 0) is 0 Å². The van der Waals surface area contributed by atoms with Crippen molar-refractivity contribution in [2.75, 3.05) is 0 Å². The first-order chi connectivity index (χ1) is 11.3. The van der Waals surface area contributed by atoms with Crippen molar-refractivity contribution in [3.63, 3.8) is 0 Å². The van der Waals surface area contributed by atoms with Gasteiger partial charge in [0.05, 0.1) is 12.4 Å². The summed E-state index contributed by atoms with van der Waals surface area (Å²) >= 11 is 0. The summed E-state index contributed by atoms with van der Waals surface area (Å²) < 4.78 is 0. The molecule has 0 amide bonds. The van der Waals surface area contributed by atoms with E-state index in [-0.39, 0.29) is 0 Å². The van der Waals surface area contributed by atoms with Crippen LogP contribution in [0.25, 0.3) is 0 Å². The summed E-state index contributed by atoms with van der Waals surface area (Å²) in [5, 5.41) is 9.33. The SMILES string of the molecule is C[C@@]12C=CC=C1C1=CCC3CCCC[C@@H]3[C@H]1CC2.c1cn[nH]n1. The van der Waals surface area contributed by atoms with Crippen LogP contribution in [0.15, 0.2) is 47.8 Å². The highest BCUT2D eigenvalue weighted by Gasteiger charge is 2.44. The molecule has 2 fully saturated rings. The Hall–Kier alpha value is -1.64. The lowest BCUT2D eigenvalue weighted by Crippen LogP contribution is -2.37. The minimum atomic E-state index is 0.379. The van der Waals surface area contributed by atoms with Gasteiger partial charge in [-0.15, -0.1) is 0 Å². The Balaban J connectivity index is 0.000000233. The highest BCUT2D eigenvalue weighted by atomic mass is 15.3. The van der Waals surface area contributed by atoms with Crippen molar-refractivity contribution < 1.29 is 0 Å². The fourth-order valence-corrected chi connectivity index (χ4v) is 5.30. The van der Waals surface area contributed by atoms with E-state index in [1.165, 1.54) is 44.9 Å². The average molecular weight is 309 g/mol. The van der Waals surface area contributed by atoms with E-state index in [0.717, 1.165) is 17.8 Å². The topological polar surface area (TPSA) is 41.6 Å². The van der Waals surface area contributed by atoms with Crippen molar-refractivity contribution in [1.82, 2.24) is 15.4 Å². The van der Waals surface area contributed by atoms with Gasteiger partial charge in [0, 0.05) is 5.41 Å². The number of nitrogens with zero attached hydrogens (tertiary/aromatic N) is 2. The molecule has 1 aromatic heterocycles. The fourth-order valence-electron chi connectivity index (χ4n) is 5.30. The lowest BCUT2D eigenvalue weighted by molar-refractivity contribution is 0.143. The van der Waals surface area contributed by atoms with E-state index in [0.29, 0.717) is 5.41 Å². The van der Waals surface area contributed by atoms with Gasteiger partial charge in [0.2, 0.25) is 0 Å². The Bertz CT molecular complexity index is 608. The van der Waals surface area contributed by atoms with E-state index >= 15 is 0 Å². The van der Waals surface area contributed by atoms with Crippen molar-refractivity contribution >= 4 is 0 Å². The van der Waals surface area contributed by atoms with Crippen LogP contribution < -0.4 is 0 Å². The van der Waals surface area contributed by atoms with Gasteiger partial charge >= 0.3 is 0 Å². The maximum absolute atomic E-state index is 3.49. The van der Waals surface area contributed by atoms with Gasteiger partial charge in [-0.05, 0) is 61.0 Å². The van der Waals surface area contributed by atoms with Gasteiger partial charge in [0.1, 0.15) is 0 Å². The van der Waals surface area contributed by atoms with Crippen LogP contribution in [0.5, 0.6) is 0 Å². The summed E-state index contributed by atoms with van der Waals surface area (Å²) in [7, 11) is 0. The summed E-state index contributed by atoms with van der Waals surface area (Å²) in [6, 6.07) is 0. The number of aromatic amines is 1. The second-order valence-electron chi connectivity index (χ2n) is 7.76. The minimum absolute atomic E-state index is 0.379. The molecule has 4 atom stereocenters. The normalized spacial score (nSPS) is 37.5. The molecule has 1 unspecified atom stereocenters. The summed E-state index contributed by atoms with van der Waals surface area (Å²) in [6.07, 6.45) is 23.1. The second-order valence-corrected chi connectivity index (χ2v) is 7.76. The summed E-state index contributed by atoms with van der Waals surface area (Å²) in [5.41, 5.74) is 3.80. The monoisotopic (exact) mass is 309 g/mol. The Kier molecular flexibility index (Phi) is 3.96. The molecule has 122 valence electrons. The van der Waals surface area contributed by atoms with Crippen LogP contribution in [0.2, 0.25) is 0 Å². The quantitative estimate of drug-likeness (QED) is 0.745. The Labute approximate surface area is 138 Å². The lowest BCUT2D eigenvalue weighted by Gasteiger charge is -2.48. The van der Waals surface area contributed by atoms with Gasteiger partial charge in [-0.2, -0.15) is 15.4 Å². The molecule has 0 aliphatic heterocycles. The fraction of sp³-hybridized carbons (Fsp3) is 0.600. The second kappa shape index (κ2) is 6.10. The highest BCUT2D eigenvalue weighted by molar-refractivity contribution is 5.50. The van der Waals surface area contributed by atoms with E-state index in [9.17, 15) is 0 Å². The molecule has 1 N–H and O–H groups in total. The third-order valence-corrected chi connectivity index (χ3v) is 6.48. The van der Waals surface area contributed by atoms with E-state index < -0.39 is 0 Å². The third kappa shape index (κ3) is 2.71. The Morgan fingerprint density at radius 2 is 1.96 bits per heavy atom. The van der Waals surface area contributed by atoms with Crippen LogP contribution in [0, 0.1) is 23.2 Å². The van der Waals surface area contributed by atoms with Crippen LogP contribution in [0.3, 0.4) is 0 Å². The highest BCUT2D eigenvalue weighted by Crippen LogP contribution is 2.56. The number of hydrogen-bond donors (Lipinski definition) is 1. The van der Waals surface area contributed by atoms with Gasteiger partial charge in [-0.25, -0.2) is 0 Å². The molecule has 1 aromatic rings. The van der Waals surface area contributed by atoms with Crippen molar-refractivity contribution in [3.8, 4) is 0 Å². The van der Waals surface area contributed by atoms with Crippen LogP contribution >= 0.6 is 0 Å². The number of fused-ring (bicyclic) bond motifs is 5. The number of nitrogens with one attached hydrogen (secondary N) is 1. The number of aromatic nitrogens is 3. The van der Waals surface area contributed by atoms with Crippen molar-refractivity contribution in [2.24, 2.45) is 23.2 Å². The molecule has 1 heterocycles. The molecule has 0 aromatic carbocycles. The molecule has 0 saturated heterocycles. The predicted octanol–water partition coefficient (Wildman–Crippen LogP) is 4.84. The molecule has 4 aliphatic carbocycles. The first-order valence-electron chi connectivity index (χ1n) is 9.18. The van der Waals surface area contributed by atoms with Crippen LogP contribution in [-0.4, -0.2) is 15.4 Å². The summed E-state index contributed by atoms with van der Waals surface area (Å²) in [5.74, 6) is 2.94. The van der Waals surface area contributed by atoms with Gasteiger partial charge in [0.25, 0.3) is 0 Å². The molecule has 3 nitrogen and oxygen atoms in total.